The number of carbonyl (C=O) groups is 1. The predicted octanol–water partition coefficient (Wildman–Crippen LogP) is 4.08. The number of rotatable bonds is 4. The summed E-state index contributed by atoms with van der Waals surface area (Å²) in [6.07, 6.45) is 0. The lowest BCUT2D eigenvalue weighted by atomic mass is 10.1. The highest BCUT2D eigenvalue weighted by Gasteiger charge is 2.15. The van der Waals surface area contributed by atoms with Crippen LogP contribution in [-0.4, -0.2) is 13.1 Å². The summed E-state index contributed by atoms with van der Waals surface area (Å²) in [4.78, 5) is 12.4. The minimum Gasteiger partial charge on any atom is -0.496 e. The molecule has 3 aromatic carbocycles. The summed E-state index contributed by atoms with van der Waals surface area (Å²) in [5.74, 6) is 0.0180. The van der Waals surface area contributed by atoms with E-state index in [1.54, 1.807) is 24.3 Å². The summed E-state index contributed by atoms with van der Waals surface area (Å²) in [6, 6.07) is 20.4. The van der Waals surface area contributed by atoms with Gasteiger partial charge in [0.15, 0.2) is 0 Å². The maximum Gasteiger partial charge on any atom is 0.342 e. The number of carbonyl (C=O) groups excluding carboxylic acids is 1. The average molecular weight is 317 g/mol. The van der Waals surface area contributed by atoms with Crippen molar-refractivity contribution in [3.05, 3.63) is 77.4 Å². The van der Waals surface area contributed by atoms with E-state index < -0.39 is 5.97 Å². The standard InChI is InChI=1S/C20H15NO3/c1-23-19-11-17-8-3-2-7-16(17)10-18(19)20(22)24-13-15-6-4-5-14(9-15)12-21/h2-11H,13H2,1H3. The second-order valence-corrected chi connectivity index (χ2v) is 5.29. The summed E-state index contributed by atoms with van der Waals surface area (Å²) < 4.78 is 10.7. The summed E-state index contributed by atoms with van der Waals surface area (Å²) in [7, 11) is 1.53. The molecule has 0 saturated heterocycles. The van der Waals surface area contributed by atoms with Crippen LogP contribution in [0.2, 0.25) is 0 Å². The number of fused-ring (bicyclic) bond motifs is 1. The van der Waals surface area contributed by atoms with Crippen molar-refractivity contribution >= 4 is 16.7 Å². The van der Waals surface area contributed by atoms with Crippen LogP contribution in [0.4, 0.5) is 0 Å². The van der Waals surface area contributed by atoms with Crippen molar-refractivity contribution in [2.75, 3.05) is 7.11 Å². The smallest absolute Gasteiger partial charge is 0.342 e. The van der Waals surface area contributed by atoms with Crippen molar-refractivity contribution in [2.45, 2.75) is 6.61 Å². The van der Waals surface area contributed by atoms with Gasteiger partial charge in [-0.3, -0.25) is 0 Å². The first-order valence-electron chi connectivity index (χ1n) is 7.44. The number of ether oxygens (including phenoxy) is 2. The van der Waals surface area contributed by atoms with E-state index in [-0.39, 0.29) is 6.61 Å². The minimum atomic E-state index is -0.458. The second-order valence-electron chi connectivity index (χ2n) is 5.29. The molecule has 0 aromatic heterocycles. The highest BCUT2D eigenvalue weighted by molar-refractivity contribution is 5.98. The molecule has 0 aliphatic carbocycles. The Hall–Kier alpha value is -3.32. The van der Waals surface area contributed by atoms with Crippen LogP contribution < -0.4 is 4.74 Å². The number of nitriles is 1. The molecule has 0 N–H and O–H groups in total. The third-order valence-corrected chi connectivity index (χ3v) is 3.71. The second kappa shape index (κ2) is 6.84. The van der Waals surface area contributed by atoms with E-state index in [4.69, 9.17) is 14.7 Å². The molecule has 0 amide bonds. The molecule has 0 unspecified atom stereocenters. The Morgan fingerprint density at radius 1 is 1.04 bits per heavy atom. The largest absolute Gasteiger partial charge is 0.496 e. The normalized spacial score (nSPS) is 10.2. The van der Waals surface area contributed by atoms with Crippen LogP contribution in [0.3, 0.4) is 0 Å². The molecule has 0 aliphatic heterocycles. The maximum atomic E-state index is 12.4. The number of nitrogens with zero attached hydrogens (tertiary/aromatic N) is 1. The molecule has 3 aromatic rings. The molecule has 24 heavy (non-hydrogen) atoms. The lowest BCUT2D eigenvalue weighted by Gasteiger charge is -2.10. The molecule has 0 saturated carbocycles. The summed E-state index contributed by atoms with van der Waals surface area (Å²) in [6.45, 7) is 0.102. The van der Waals surface area contributed by atoms with Crippen LogP contribution >= 0.6 is 0 Å². The number of methoxy groups -OCH3 is 1. The van der Waals surface area contributed by atoms with Gasteiger partial charge in [0, 0.05) is 0 Å². The van der Waals surface area contributed by atoms with E-state index in [2.05, 4.69) is 6.07 Å². The molecule has 4 nitrogen and oxygen atoms in total. The first-order valence-corrected chi connectivity index (χ1v) is 7.44. The van der Waals surface area contributed by atoms with Crippen LogP contribution in [0.25, 0.3) is 10.8 Å². The van der Waals surface area contributed by atoms with Crippen molar-refractivity contribution in [3.63, 3.8) is 0 Å². The van der Waals surface area contributed by atoms with Crippen LogP contribution in [0.1, 0.15) is 21.5 Å². The van der Waals surface area contributed by atoms with Gasteiger partial charge in [0.25, 0.3) is 0 Å². The summed E-state index contributed by atoms with van der Waals surface area (Å²) >= 11 is 0. The first-order chi connectivity index (χ1) is 11.7. The Balaban J connectivity index is 1.84. The highest BCUT2D eigenvalue weighted by Crippen LogP contribution is 2.26. The van der Waals surface area contributed by atoms with Crippen molar-refractivity contribution in [1.29, 1.82) is 5.26 Å². The molecule has 0 aliphatic rings. The van der Waals surface area contributed by atoms with Crippen molar-refractivity contribution in [3.8, 4) is 11.8 Å². The third-order valence-electron chi connectivity index (χ3n) is 3.71. The Labute approximate surface area is 139 Å². The van der Waals surface area contributed by atoms with Gasteiger partial charge in [-0.1, -0.05) is 36.4 Å². The fourth-order valence-electron chi connectivity index (χ4n) is 2.51. The lowest BCUT2D eigenvalue weighted by Crippen LogP contribution is -2.07. The van der Waals surface area contributed by atoms with Gasteiger partial charge in [0.1, 0.15) is 17.9 Å². The molecule has 0 heterocycles. The van der Waals surface area contributed by atoms with Gasteiger partial charge in [0.05, 0.1) is 18.7 Å². The van der Waals surface area contributed by atoms with Gasteiger partial charge in [0.2, 0.25) is 0 Å². The van der Waals surface area contributed by atoms with E-state index in [0.29, 0.717) is 16.9 Å². The van der Waals surface area contributed by atoms with E-state index >= 15 is 0 Å². The van der Waals surface area contributed by atoms with Gasteiger partial charge in [-0.05, 0) is 40.6 Å². The van der Waals surface area contributed by atoms with Crippen molar-refractivity contribution in [2.24, 2.45) is 0 Å². The summed E-state index contributed by atoms with van der Waals surface area (Å²) in [5, 5.41) is 10.8. The van der Waals surface area contributed by atoms with Gasteiger partial charge >= 0.3 is 5.97 Å². The Morgan fingerprint density at radius 2 is 1.79 bits per heavy atom. The van der Waals surface area contributed by atoms with Crippen LogP contribution in [0.15, 0.2) is 60.7 Å². The Bertz CT molecular complexity index is 941. The molecule has 4 heteroatoms. The number of benzene rings is 3. The zero-order valence-corrected chi connectivity index (χ0v) is 13.2. The molecule has 0 bridgehead atoms. The molecule has 118 valence electrons. The SMILES string of the molecule is COc1cc2ccccc2cc1C(=O)OCc1cccc(C#N)c1. The molecule has 3 rings (SSSR count). The Kier molecular flexibility index (Phi) is 4.44. The van der Waals surface area contributed by atoms with E-state index in [9.17, 15) is 4.79 Å². The zero-order chi connectivity index (χ0) is 16.9. The molecular formula is C20H15NO3. The van der Waals surface area contributed by atoms with Gasteiger partial charge in [-0.2, -0.15) is 5.26 Å². The molecule has 0 spiro atoms. The quantitative estimate of drug-likeness (QED) is 0.680. The number of hydrogen-bond acceptors (Lipinski definition) is 4. The van der Waals surface area contributed by atoms with Crippen LogP contribution in [-0.2, 0) is 11.3 Å². The molecule has 0 atom stereocenters. The fraction of sp³-hybridized carbons (Fsp3) is 0.100. The van der Waals surface area contributed by atoms with Crippen LogP contribution in [0.5, 0.6) is 5.75 Å². The Morgan fingerprint density at radius 3 is 2.50 bits per heavy atom. The van der Waals surface area contributed by atoms with Crippen LogP contribution in [0, 0.1) is 11.3 Å². The predicted molar refractivity (Wildman–Crippen MR) is 90.8 cm³/mol. The highest BCUT2D eigenvalue weighted by atomic mass is 16.5. The molecular weight excluding hydrogens is 302 g/mol. The van der Waals surface area contributed by atoms with Crippen molar-refractivity contribution in [1.82, 2.24) is 0 Å². The molecule has 0 radical (unpaired) electrons. The maximum absolute atomic E-state index is 12.4. The van der Waals surface area contributed by atoms with Crippen molar-refractivity contribution < 1.29 is 14.3 Å². The lowest BCUT2D eigenvalue weighted by molar-refractivity contribution is 0.0469. The average Bonchev–Trinajstić information content (AvgIpc) is 2.65. The summed E-state index contributed by atoms with van der Waals surface area (Å²) in [5.41, 5.74) is 1.68. The fourth-order valence-corrected chi connectivity index (χ4v) is 2.51. The van der Waals surface area contributed by atoms with Gasteiger partial charge in [-0.25, -0.2) is 4.79 Å². The van der Waals surface area contributed by atoms with E-state index in [1.165, 1.54) is 7.11 Å². The van der Waals surface area contributed by atoms with E-state index in [0.717, 1.165) is 16.3 Å². The van der Waals surface area contributed by atoms with E-state index in [1.807, 2.05) is 36.4 Å². The minimum absolute atomic E-state index is 0.102. The monoisotopic (exact) mass is 317 g/mol. The first kappa shape index (κ1) is 15.6. The zero-order valence-electron chi connectivity index (χ0n) is 13.2. The molecule has 0 fully saturated rings. The number of hydrogen-bond donors (Lipinski definition) is 0. The topological polar surface area (TPSA) is 59.3 Å². The number of esters is 1. The van der Waals surface area contributed by atoms with Gasteiger partial charge in [-0.15, -0.1) is 0 Å². The third kappa shape index (κ3) is 3.21. The van der Waals surface area contributed by atoms with Gasteiger partial charge < -0.3 is 9.47 Å².